The predicted octanol–water partition coefficient (Wildman–Crippen LogP) is 4.35. The first-order chi connectivity index (χ1) is 13.3. The lowest BCUT2D eigenvalue weighted by molar-refractivity contribution is -0.143. The Bertz CT molecular complexity index is 498. The molecule has 0 aromatic heterocycles. The van der Waals surface area contributed by atoms with E-state index in [1.54, 1.807) is 13.8 Å². The van der Waals surface area contributed by atoms with Crippen molar-refractivity contribution in [1.29, 1.82) is 0 Å². The van der Waals surface area contributed by atoms with Crippen molar-refractivity contribution in [2.75, 3.05) is 19.8 Å². The van der Waals surface area contributed by atoms with Gasteiger partial charge in [-0.2, -0.15) is 0 Å². The van der Waals surface area contributed by atoms with Gasteiger partial charge in [-0.25, -0.2) is 14.2 Å². The molecule has 8 nitrogen and oxygen atoms in total. The van der Waals surface area contributed by atoms with E-state index >= 15 is 0 Å². The molecule has 28 heavy (non-hydrogen) atoms. The van der Waals surface area contributed by atoms with Gasteiger partial charge in [0.05, 0.1) is 19.8 Å². The molecule has 0 spiro atoms. The van der Waals surface area contributed by atoms with E-state index in [0.29, 0.717) is 6.42 Å². The molecule has 0 saturated carbocycles. The second-order valence-corrected chi connectivity index (χ2v) is 7.86. The average Bonchev–Trinajstić information content (AvgIpc) is 2.67. The minimum Gasteiger partial charge on any atom is -0.457 e. The van der Waals surface area contributed by atoms with E-state index in [-0.39, 0.29) is 19.8 Å². The monoisotopic (exact) mass is 420 g/mol. The third-order valence-corrected chi connectivity index (χ3v) is 4.83. The summed E-state index contributed by atoms with van der Waals surface area (Å²) in [4.78, 5) is 22.4. The van der Waals surface area contributed by atoms with Crippen molar-refractivity contribution in [2.24, 2.45) is 0 Å². The molecule has 9 heteroatoms. The van der Waals surface area contributed by atoms with Crippen LogP contribution < -0.4 is 0 Å². The van der Waals surface area contributed by atoms with Gasteiger partial charge in [0.25, 0.3) is 0 Å². The second-order valence-electron chi connectivity index (χ2n) is 6.19. The highest BCUT2D eigenvalue weighted by molar-refractivity contribution is 7.48. The summed E-state index contributed by atoms with van der Waals surface area (Å²) in [5, 5.41) is 0. The summed E-state index contributed by atoms with van der Waals surface area (Å²) in [6.45, 7) is 11.7. The number of carbonyl (C=O) groups is 2. The molecule has 162 valence electrons. The summed E-state index contributed by atoms with van der Waals surface area (Å²) in [6, 6.07) is 0. The van der Waals surface area contributed by atoms with Crippen molar-refractivity contribution in [2.45, 2.75) is 65.1 Å². The lowest BCUT2D eigenvalue weighted by Gasteiger charge is -2.21. The van der Waals surface area contributed by atoms with Crippen molar-refractivity contribution in [3.63, 3.8) is 0 Å². The first kappa shape index (κ1) is 26.5. The zero-order valence-corrected chi connectivity index (χ0v) is 18.0. The maximum Gasteiger partial charge on any atom is 0.475 e. The Morgan fingerprint density at radius 2 is 1.32 bits per heavy atom. The number of phosphoric ester groups is 1. The maximum absolute atomic E-state index is 12.8. The molecule has 0 N–H and O–H groups in total. The van der Waals surface area contributed by atoms with Gasteiger partial charge in [-0.1, -0.05) is 45.8 Å². The van der Waals surface area contributed by atoms with Gasteiger partial charge >= 0.3 is 19.8 Å². The van der Waals surface area contributed by atoms with Crippen molar-refractivity contribution in [3.05, 3.63) is 25.3 Å². The van der Waals surface area contributed by atoms with Crippen LogP contribution in [-0.4, -0.2) is 44.0 Å². The third kappa shape index (κ3) is 13.7. The van der Waals surface area contributed by atoms with Crippen LogP contribution in [-0.2, 0) is 37.2 Å². The third-order valence-electron chi connectivity index (χ3n) is 3.40. The number of carbonyl (C=O) groups excluding carboxylic acids is 2. The molecule has 0 bridgehead atoms. The van der Waals surface area contributed by atoms with Gasteiger partial charge in [0, 0.05) is 12.2 Å². The minimum absolute atomic E-state index is 0.187. The Labute approximate surface area is 167 Å². The van der Waals surface area contributed by atoms with Crippen LogP contribution in [0.4, 0.5) is 0 Å². The average molecular weight is 420 g/mol. The number of rotatable bonds is 17. The smallest absolute Gasteiger partial charge is 0.457 e. The molecule has 0 aliphatic rings. The van der Waals surface area contributed by atoms with E-state index in [1.165, 1.54) is 0 Å². The summed E-state index contributed by atoms with van der Waals surface area (Å²) in [7, 11) is -3.92. The summed E-state index contributed by atoms with van der Waals surface area (Å²) < 4.78 is 38.7. The van der Waals surface area contributed by atoms with Crippen LogP contribution >= 0.6 is 7.82 Å². The summed E-state index contributed by atoms with van der Waals surface area (Å²) >= 11 is 0. The predicted molar refractivity (Wildman–Crippen MR) is 106 cm³/mol. The summed E-state index contributed by atoms with van der Waals surface area (Å²) in [6.07, 6.45) is 5.65. The summed E-state index contributed by atoms with van der Waals surface area (Å²) in [5.41, 5.74) is 0. The second kappa shape index (κ2) is 15.5. The molecule has 0 aliphatic carbocycles. The van der Waals surface area contributed by atoms with Crippen molar-refractivity contribution >= 4 is 19.8 Å². The van der Waals surface area contributed by atoms with E-state index in [4.69, 9.17) is 23.0 Å². The molecule has 0 aromatic carbocycles. The van der Waals surface area contributed by atoms with Crippen molar-refractivity contribution in [3.8, 4) is 0 Å². The lowest BCUT2D eigenvalue weighted by atomic mass is 10.2. The van der Waals surface area contributed by atoms with E-state index in [9.17, 15) is 14.2 Å². The first-order valence-corrected chi connectivity index (χ1v) is 10.9. The fraction of sp³-hybridized carbons (Fsp3) is 0.684. The van der Waals surface area contributed by atoms with Crippen LogP contribution in [0.3, 0.4) is 0 Å². The van der Waals surface area contributed by atoms with Gasteiger partial charge in [0.15, 0.2) is 0 Å². The summed E-state index contributed by atoms with van der Waals surface area (Å²) in [5.74, 6) is -1.23. The van der Waals surface area contributed by atoms with Crippen LogP contribution in [0.25, 0.3) is 0 Å². The zero-order chi connectivity index (χ0) is 21.4. The molecule has 0 saturated heterocycles. The maximum atomic E-state index is 12.8. The van der Waals surface area contributed by atoms with Crippen LogP contribution in [0, 0.1) is 0 Å². The molecule has 0 amide bonds. The minimum atomic E-state index is -3.92. The number of esters is 2. The number of hydrogen-bond donors (Lipinski definition) is 0. The molecule has 0 heterocycles. The van der Waals surface area contributed by atoms with Gasteiger partial charge in [-0.05, 0) is 20.3 Å². The number of hydrogen-bond acceptors (Lipinski definition) is 8. The van der Waals surface area contributed by atoms with Gasteiger partial charge in [0.1, 0.15) is 12.2 Å². The van der Waals surface area contributed by atoms with Gasteiger partial charge < -0.3 is 9.47 Å². The molecular formula is C19H33O8P. The fourth-order valence-corrected chi connectivity index (χ4v) is 3.31. The SMILES string of the molecule is C=CC(=O)OC(C)COP(=O)(OCCCCCCC)OCC(C)OC(=O)C=C. The van der Waals surface area contributed by atoms with Crippen molar-refractivity contribution < 1.29 is 37.2 Å². The molecule has 0 aromatic rings. The number of unbranched alkanes of at least 4 members (excludes halogenated alkanes) is 4. The topological polar surface area (TPSA) is 97.4 Å². The van der Waals surface area contributed by atoms with Crippen LogP contribution in [0.2, 0.25) is 0 Å². The van der Waals surface area contributed by atoms with Gasteiger partial charge in [-0.3, -0.25) is 13.6 Å². The van der Waals surface area contributed by atoms with Crippen LogP contribution in [0.1, 0.15) is 52.9 Å². The fourth-order valence-electron chi connectivity index (χ4n) is 1.95. The van der Waals surface area contributed by atoms with Crippen molar-refractivity contribution in [1.82, 2.24) is 0 Å². The largest absolute Gasteiger partial charge is 0.475 e. The number of ether oxygens (including phenoxy) is 2. The van der Waals surface area contributed by atoms with Crippen LogP contribution in [0.5, 0.6) is 0 Å². The number of phosphoric acid groups is 1. The lowest BCUT2D eigenvalue weighted by Crippen LogP contribution is -2.21. The standard InChI is InChI=1S/C19H33O8P/c1-6-9-10-11-12-13-23-28(22,24-14-16(4)26-18(20)7-2)25-15-17(5)27-19(21)8-3/h7-8,16-17H,2-3,6,9-15H2,1,4-5H3. The molecule has 2 atom stereocenters. The Hall–Kier alpha value is -1.47. The Morgan fingerprint density at radius 1 is 0.857 bits per heavy atom. The normalized spacial score (nSPS) is 15.1. The Balaban J connectivity index is 4.63. The van der Waals surface area contributed by atoms with E-state index in [2.05, 4.69) is 20.1 Å². The molecule has 0 aliphatic heterocycles. The quantitative estimate of drug-likeness (QED) is 0.148. The van der Waals surface area contributed by atoms with Gasteiger partial charge in [-0.15, -0.1) is 0 Å². The highest BCUT2D eigenvalue weighted by Crippen LogP contribution is 2.50. The Morgan fingerprint density at radius 3 is 1.75 bits per heavy atom. The van der Waals surface area contributed by atoms with E-state index in [1.807, 2.05) is 0 Å². The van der Waals surface area contributed by atoms with E-state index < -0.39 is 32.0 Å². The molecule has 0 radical (unpaired) electrons. The highest BCUT2D eigenvalue weighted by Gasteiger charge is 2.29. The first-order valence-electron chi connectivity index (χ1n) is 9.46. The van der Waals surface area contributed by atoms with Crippen LogP contribution in [0.15, 0.2) is 25.3 Å². The zero-order valence-electron chi connectivity index (χ0n) is 17.1. The molecule has 0 fully saturated rings. The van der Waals surface area contributed by atoms with Gasteiger partial charge in [0.2, 0.25) is 0 Å². The highest BCUT2D eigenvalue weighted by atomic mass is 31.2. The molecule has 0 rings (SSSR count). The Kier molecular flexibility index (Phi) is 14.6. The molecular weight excluding hydrogens is 387 g/mol. The van der Waals surface area contributed by atoms with E-state index in [0.717, 1.165) is 37.8 Å². The molecule has 2 unspecified atom stereocenters.